The lowest BCUT2D eigenvalue weighted by Crippen LogP contribution is -2.56. The van der Waals surface area contributed by atoms with E-state index in [2.05, 4.69) is 267 Å². The Bertz CT molecular complexity index is 3030. The Morgan fingerprint density at radius 3 is 0.906 bits per heavy atom. The molecule has 0 aliphatic carbocycles. The Hall–Kier alpha value is -7.93. The second kappa shape index (κ2) is 14.6. The van der Waals surface area contributed by atoms with E-state index < -0.39 is 10.0 Å². The summed E-state index contributed by atoms with van der Waals surface area (Å²) in [6.45, 7) is 0.104. The first kappa shape index (κ1) is 36.7. The number of hydrogen-bond donors (Lipinski definition) is 0. The van der Waals surface area contributed by atoms with Crippen LogP contribution in [0, 0.1) is 0 Å². The van der Waals surface area contributed by atoms with E-state index >= 15 is 0 Å². The van der Waals surface area contributed by atoms with Crippen molar-refractivity contribution in [2.75, 3.05) is 19.6 Å². The van der Waals surface area contributed by atoms with Gasteiger partial charge in [0.1, 0.15) is 0 Å². The van der Waals surface area contributed by atoms with Crippen molar-refractivity contribution < 1.29 is 0 Å². The largest absolute Gasteiger partial charge is 0.306 e. The van der Waals surface area contributed by atoms with Crippen LogP contribution in [0.5, 0.6) is 0 Å². The summed E-state index contributed by atoms with van der Waals surface area (Å²) in [6.07, 6.45) is 0. The SMILES string of the molecule is C1=C(N2c3ccccc3N(c3ccccc3)c3ccccc32)C(N2c3ccccc3N(c3ccccc3)c3ccccc32)=CS12c1ccccc1B(c1ccccc1)c1ccccc12. The zero-order valence-electron chi connectivity index (χ0n) is 34.9. The molecule has 0 saturated carbocycles. The molecule has 6 heteroatoms. The number of hydrogen-bond acceptors (Lipinski definition) is 4. The summed E-state index contributed by atoms with van der Waals surface area (Å²) < 4.78 is 0. The van der Waals surface area contributed by atoms with E-state index in [0.29, 0.717) is 0 Å². The monoisotopic (exact) mass is 836 g/mol. The van der Waals surface area contributed by atoms with Crippen LogP contribution >= 0.6 is 10.0 Å². The van der Waals surface area contributed by atoms with Crippen LogP contribution in [0.3, 0.4) is 0 Å². The molecular formula is C58H41BN4S. The van der Waals surface area contributed by atoms with Crippen molar-refractivity contribution in [1.82, 2.24) is 0 Å². The highest BCUT2D eigenvalue weighted by atomic mass is 32.3. The first-order valence-electron chi connectivity index (χ1n) is 22.0. The maximum absolute atomic E-state index is 2.67. The van der Waals surface area contributed by atoms with Gasteiger partial charge in [-0.25, -0.2) is 0 Å². The van der Waals surface area contributed by atoms with Gasteiger partial charge in [0.15, 0.2) is 0 Å². The second-order valence-electron chi connectivity index (χ2n) is 16.6. The van der Waals surface area contributed by atoms with E-state index in [4.69, 9.17) is 0 Å². The summed E-state index contributed by atoms with van der Waals surface area (Å²) >= 11 is 0. The molecule has 1 spiro atoms. The van der Waals surface area contributed by atoms with E-state index in [1.165, 1.54) is 26.2 Å². The Labute approximate surface area is 376 Å². The molecule has 0 saturated heterocycles. The third-order valence-corrected chi connectivity index (χ3v) is 16.5. The lowest BCUT2D eigenvalue weighted by Gasteiger charge is -2.44. The summed E-state index contributed by atoms with van der Waals surface area (Å²) in [5.41, 5.74) is 17.6. The normalized spacial score (nSPS) is 15.5. The Kier molecular flexibility index (Phi) is 8.37. The third kappa shape index (κ3) is 5.39. The Morgan fingerprint density at radius 1 is 0.266 bits per heavy atom. The molecule has 0 radical (unpaired) electrons. The van der Waals surface area contributed by atoms with Gasteiger partial charge < -0.3 is 19.6 Å². The molecule has 9 aromatic carbocycles. The van der Waals surface area contributed by atoms with Crippen LogP contribution in [-0.2, 0) is 0 Å². The molecule has 4 aliphatic rings. The molecule has 4 aliphatic heterocycles. The van der Waals surface area contributed by atoms with Crippen LogP contribution in [0.4, 0.5) is 56.9 Å². The highest BCUT2D eigenvalue weighted by Crippen LogP contribution is 2.72. The molecule has 0 atom stereocenters. The van der Waals surface area contributed by atoms with E-state index in [1.807, 2.05) is 0 Å². The zero-order chi connectivity index (χ0) is 42.2. The maximum Gasteiger partial charge on any atom is 0.244 e. The summed E-state index contributed by atoms with van der Waals surface area (Å²) in [6, 6.07) is 86.8. The molecule has 302 valence electrons. The van der Waals surface area contributed by atoms with E-state index in [-0.39, 0.29) is 6.71 Å². The molecule has 0 amide bonds. The van der Waals surface area contributed by atoms with Gasteiger partial charge in [-0.05, 0) is 106 Å². The molecule has 0 fully saturated rings. The van der Waals surface area contributed by atoms with Crippen LogP contribution in [0.1, 0.15) is 0 Å². The number of anilines is 10. The molecular weight excluding hydrogens is 796 g/mol. The fourth-order valence-electron chi connectivity index (χ4n) is 10.6. The van der Waals surface area contributed by atoms with Crippen LogP contribution in [0.2, 0.25) is 0 Å². The Balaban J connectivity index is 1.12. The van der Waals surface area contributed by atoms with Crippen LogP contribution in [-0.4, -0.2) is 6.71 Å². The number of benzene rings is 9. The van der Waals surface area contributed by atoms with Crippen molar-refractivity contribution in [1.29, 1.82) is 0 Å². The Morgan fingerprint density at radius 2 is 0.547 bits per heavy atom. The molecule has 0 unspecified atom stereocenters. The third-order valence-electron chi connectivity index (χ3n) is 13.1. The lowest BCUT2D eigenvalue weighted by atomic mass is 9.36. The smallest absolute Gasteiger partial charge is 0.244 e. The first-order valence-corrected chi connectivity index (χ1v) is 23.7. The number of fused-ring (bicyclic) bond motifs is 8. The van der Waals surface area contributed by atoms with Gasteiger partial charge in [-0.2, -0.15) is 0 Å². The minimum absolute atomic E-state index is 0.104. The maximum atomic E-state index is 2.67. The molecule has 0 N–H and O–H groups in total. The quantitative estimate of drug-likeness (QED) is 0.160. The highest BCUT2D eigenvalue weighted by Gasteiger charge is 2.47. The van der Waals surface area contributed by atoms with Crippen molar-refractivity contribution in [3.05, 3.63) is 259 Å². The molecule has 13 rings (SSSR count). The van der Waals surface area contributed by atoms with E-state index in [9.17, 15) is 0 Å². The molecule has 0 aromatic heterocycles. The van der Waals surface area contributed by atoms with Crippen molar-refractivity contribution in [2.45, 2.75) is 9.79 Å². The number of rotatable bonds is 5. The van der Waals surface area contributed by atoms with Crippen LogP contribution in [0.15, 0.2) is 269 Å². The van der Waals surface area contributed by atoms with Gasteiger partial charge >= 0.3 is 0 Å². The van der Waals surface area contributed by atoms with Crippen molar-refractivity contribution in [3.8, 4) is 0 Å². The van der Waals surface area contributed by atoms with Crippen LogP contribution in [0.25, 0.3) is 0 Å². The summed E-state index contributed by atoms with van der Waals surface area (Å²) in [4.78, 5) is 12.7. The van der Waals surface area contributed by atoms with Gasteiger partial charge in [0.2, 0.25) is 6.71 Å². The fraction of sp³-hybridized carbons (Fsp3) is 0. The summed E-state index contributed by atoms with van der Waals surface area (Å²) in [7, 11) is -2.00. The lowest BCUT2D eigenvalue weighted by molar-refractivity contribution is 1.06. The highest BCUT2D eigenvalue weighted by molar-refractivity contribution is 8.39. The predicted octanol–water partition coefficient (Wildman–Crippen LogP) is 13.7. The molecule has 4 heterocycles. The van der Waals surface area contributed by atoms with Crippen molar-refractivity contribution in [3.63, 3.8) is 0 Å². The van der Waals surface area contributed by atoms with Gasteiger partial charge in [0, 0.05) is 11.4 Å². The first-order chi connectivity index (χ1) is 31.8. The van der Waals surface area contributed by atoms with Crippen molar-refractivity contribution >= 4 is 90.0 Å². The fourth-order valence-corrected chi connectivity index (χ4v) is 14.3. The molecule has 9 aromatic rings. The average molecular weight is 837 g/mol. The van der Waals surface area contributed by atoms with Gasteiger partial charge in [0.05, 0.1) is 56.9 Å². The standard InChI is InChI=1S/C58H41BN4S/c1-4-22-42(23-5-1)59-45-28-10-20-38-57(45)64(58-39-21-11-29-46(58)59)40-55(62-51-34-16-12-30-47(51)60(43-24-6-2-7-25-43)48-31-13-17-35-52(48)62)56(41-64)63-53-36-18-14-32-49(53)61(44-26-8-3-9-27-44)50-33-15-19-37-54(50)63/h1-41H. The molecule has 0 bridgehead atoms. The molecule has 4 nitrogen and oxygen atoms in total. The van der Waals surface area contributed by atoms with Gasteiger partial charge in [-0.1, -0.05) is 168 Å². The van der Waals surface area contributed by atoms with Crippen molar-refractivity contribution in [2.24, 2.45) is 0 Å². The number of nitrogens with zero attached hydrogens (tertiary/aromatic N) is 4. The summed E-state index contributed by atoms with van der Waals surface area (Å²) in [5, 5.41) is 5.34. The number of para-hydroxylation sites is 10. The summed E-state index contributed by atoms with van der Waals surface area (Å²) in [5.74, 6) is 0. The van der Waals surface area contributed by atoms with E-state index in [1.54, 1.807) is 0 Å². The predicted molar refractivity (Wildman–Crippen MR) is 271 cm³/mol. The molecule has 64 heavy (non-hydrogen) atoms. The average Bonchev–Trinajstić information content (AvgIpc) is 3.75. The topological polar surface area (TPSA) is 13.0 Å². The minimum Gasteiger partial charge on any atom is -0.306 e. The second-order valence-corrected chi connectivity index (χ2v) is 19.4. The van der Waals surface area contributed by atoms with E-state index in [0.717, 1.165) is 68.3 Å². The minimum atomic E-state index is -2.00. The van der Waals surface area contributed by atoms with Crippen LogP contribution < -0.4 is 36.0 Å². The van der Waals surface area contributed by atoms with Gasteiger partial charge in [-0.3, -0.25) is 0 Å². The zero-order valence-corrected chi connectivity index (χ0v) is 35.8. The van der Waals surface area contributed by atoms with Gasteiger partial charge in [0.25, 0.3) is 0 Å². The van der Waals surface area contributed by atoms with Gasteiger partial charge in [-0.15, -0.1) is 10.0 Å².